The van der Waals surface area contributed by atoms with E-state index in [0.717, 1.165) is 5.56 Å². The summed E-state index contributed by atoms with van der Waals surface area (Å²) in [6, 6.07) is 14.3. The molecule has 0 heterocycles. The van der Waals surface area contributed by atoms with Gasteiger partial charge in [0, 0.05) is 5.56 Å². The smallest absolute Gasteiger partial charge is 0.307 e. The fourth-order valence-corrected chi connectivity index (χ4v) is 5.55. The molecule has 0 radical (unpaired) electrons. The second kappa shape index (κ2) is 10.0. The highest BCUT2D eigenvalue weighted by Crippen LogP contribution is 2.50. The Balaban J connectivity index is 2.02. The number of benzene rings is 2. The molecule has 2 N–H and O–H groups in total. The lowest BCUT2D eigenvalue weighted by Crippen LogP contribution is -2.58. The van der Waals surface area contributed by atoms with Crippen molar-refractivity contribution in [3.8, 4) is 5.75 Å². The van der Waals surface area contributed by atoms with E-state index in [4.69, 9.17) is 4.74 Å². The molecule has 2 aromatic carbocycles. The van der Waals surface area contributed by atoms with E-state index in [1.54, 1.807) is 48.6 Å². The quantitative estimate of drug-likeness (QED) is 0.207. The number of carbonyl (C=O) groups excluding carboxylic acids is 1. The molecule has 2 atom stereocenters. The van der Waals surface area contributed by atoms with Crippen molar-refractivity contribution in [3.05, 3.63) is 87.4 Å². The second-order valence-corrected chi connectivity index (χ2v) is 12.3. The molecule has 3 rings (SSSR count). The molecule has 0 fully saturated rings. The Bertz CT molecular complexity index is 1190. The van der Waals surface area contributed by atoms with Crippen LogP contribution < -0.4 is 4.74 Å². The molecule has 0 bridgehead atoms. The zero-order valence-corrected chi connectivity index (χ0v) is 23.6. The third kappa shape index (κ3) is 5.47. The van der Waals surface area contributed by atoms with Gasteiger partial charge in [-0.15, -0.1) is 0 Å². The Morgan fingerprint density at radius 1 is 1.06 bits per heavy atom. The molecule has 7 heteroatoms. The normalized spacial score (nSPS) is 22.4. The maximum Gasteiger partial charge on any atom is 0.307 e. The van der Waals surface area contributed by atoms with E-state index in [0.29, 0.717) is 16.7 Å². The summed E-state index contributed by atoms with van der Waals surface area (Å²) in [4.78, 5) is 24.8. The number of aliphatic hydroxyl groups is 1. The van der Waals surface area contributed by atoms with Crippen molar-refractivity contribution in [2.24, 2.45) is 5.92 Å². The number of hydrogen-bond acceptors (Lipinski definition) is 4. The molecule has 1 aliphatic rings. The highest BCUT2D eigenvalue weighted by molar-refractivity contribution is 9.12. The third-order valence-electron chi connectivity index (χ3n) is 6.15. The number of aliphatic carboxylic acids is 1. The average molecular weight is 606 g/mol. The lowest BCUT2D eigenvalue weighted by Gasteiger charge is -2.46. The molecular weight excluding hydrogens is 576 g/mol. The van der Waals surface area contributed by atoms with Crippen LogP contribution in [-0.4, -0.2) is 32.1 Å². The first-order valence-corrected chi connectivity index (χ1v) is 12.9. The first-order chi connectivity index (χ1) is 16.2. The minimum atomic E-state index is -1.93. The number of hydrogen-bond donors (Lipinski definition) is 2. The van der Waals surface area contributed by atoms with Crippen molar-refractivity contribution in [3.63, 3.8) is 0 Å². The van der Waals surface area contributed by atoms with Gasteiger partial charge in [0.25, 0.3) is 5.79 Å². The molecule has 2 unspecified atom stereocenters. The zero-order chi connectivity index (χ0) is 26.2. The molecule has 0 spiro atoms. The van der Waals surface area contributed by atoms with Gasteiger partial charge in [-0.3, -0.25) is 9.59 Å². The van der Waals surface area contributed by atoms with Crippen molar-refractivity contribution in [1.82, 2.24) is 0 Å². The monoisotopic (exact) mass is 604 g/mol. The maximum absolute atomic E-state index is 13.4. The maximum atomic E-state index is 13.4. The predicted molar refractivity (Wildman–Crippen MR) is 144 cm³/mol. The number of carboxylic acid groups (broad SMARTS) is 1. The van der Waals surface area contributed by atoms with E-state index in [1.165, 1.54) is 0 Å². The number of halogens is 2. The molecule has 1 aliphatic carbocycles. The van der Waals surface area contributed by atoms with Crippen LogP contribution in [0.15, 0.2) is 70.7 Å². The summed E-state index contributed by atoms with van der Waals surface area (Å²) in [6.45, 7) is 10.1. The Kier molecular flexibility index (Phi) is 7.85. The molecule has 0 aromatic heterocycles. The molecule has 0 saturated carbocycles. The van der Waals surface area contributed by atoms with E-state index in [-0.39, 0.29) is 33.8 Å². The SMILES string of the molecule is CC(C)C1(Br)C=C(CC(=O)O)C=C(Br)C1(O)Oc1ccccc1C(=O)c1ccc(C(C)(C)C)cc1. The van der Waals surface area contributed by atoms with E-state index in [2.05, 4.69) is 52.6 Å². The fourth-order valence-electron chi connectivity index (χ4n) is 3.99. The van der Waals surface area contributed by atoms with Crippen molar-refractivity contribution < 1.29 is 24.5 Å². The highest BCUT2D eigenvalue weighted by Gasteiger charge is 2.56. The molecule has 35 heavy (non-hydrogen) atoms. The molecule has 0 saturated heterocycles. The van der Waals surface area contributed by atoms with Crippen molar-refractivity contribution in [2.75, 3.05) is 0 Å². The van der Waals surface area contributed by atoms with E-state index < -0.39 is 16.1 Å². The van der Waals surface area contributed by atoms with Gasteiger partial charge in [0.15, 0.2) is 5.78 Å². The van der Waals surface area contributed by atoms with Gasteiger partial charge in [0.2, 0.25) is 0 Å². The van der Waals surface area contributed by atoms with E-state index >= 15 is 0 Å². The number of rotatable bonds is 7. The van der Waals surface area contributed by atoms with Gasteiger partial charge < -0.3 is 14.9 Å². The number of carbonyl (C=O) groups is 2. The summed E-state index contributed by atoms with van der Waals surface area (Å²) in [5, 5.41) is 21.1. The van der Waals surface area contributed by atoms with Crippen LogP contribution in [-0.2, 0) is 10.2 Å². The molecule has 0 aliphatic heterocycles. The van der Waals surface area contributed by atoms with Gasteiger partial charge in [-0.05, 0) is 56.6 Å². The van der Waals surface area contributed by atoms with Gasteiger partial charge in [0.05, 0.1) is 16.5 Å². The summed E-state index contributed by atoms with van der Waals surface area (Å²) in [6.07, 6.45) is 3.02. The molecule has 5 nitrogen and oxygen atoms in total. The summed E-state index contributed by atoms with van der Waals surface area (Å²) >= 11 is 7.06. The van der Waals surface area contributed by atoms with Crippen molar-refractivity contribution in [2.45, 2.75) is 56.6 Å². The lowest BCUT2D eigenvalue weighted by molar-refractivity contribution is -0.136. The van der Waals surface area contributed by atoms with Crippen LogP contribution >= 0.6 is 31.9 Å². The van der Waals surface area contributed by atoms with Crippen molar-refractivity contribution in [1.29, 1.82) is 0 Å². The van der Waals surface area contributed by atoms with Crippen molar-refractivity contribution >= 4 is 43.6 Å². The molecule has 2 aromatic rings. The van der Waals surface area contributed by atoms with Gasteiger partial charge in [-0.25, -0.2) is 0 Å². The van der Waals surface area contributed by atoms with Gasteiger partial charge >= 0.3 is 5.97 Å². The first kappa shape index (κ1) is 27.4. The number of carboxylic acids is 1. The largest absolute Gasteiger partial charge is 0.481 e. The van der Waals surface area contributed by atoms with Crippen LogP contribution in [0, 0.1) is 5.92 Å². The van der Waals surface area contributed by atoms with Crippen LogP contribution in [0.1, 0.15) is 62.5 Å². The van der Waals surface area contributed by atoms with Crippen LogP contribution in [0.5, 0.6) is 5.75 Å². The average Bonchev–Trinajstić information content (AvgIpc) is 2.76. The van der Waals surface area contributed by atoms with Crippen LogP contribution in [0.3, 0.4) is 0 Å². The van der Waals surface area contributed by atoms with Crippen LogP contribution in [0.4, 0.5) is 0 Å². The topological polar surface area (TPSA) is 83.8 Å². The Morgan fingerprint density at radius 2 is 1.66 bits per heavy atom. The molecule has 186 valence electrons. The molecular formula is C28H30Br2O5. The number of allylic oxidation sites excluding steroid dienone is 1. The second-order valence-electron chi connectivity index (χ2n) is 10.1. The van der Waals surface area contributed by atoms with Gasteiger partial charge in [-0.1, -0.05) is 93.0 Å². The Labute approximate surface area is 223 Å². The number of alkyl halides is 1. The minimum Gasteiger partial charge on any atom is -0.481 e. The fraction of sp³-hybridized carbons (Fsp3) is 0.357. The highest BCUT2D eigenvalue weighted by atomic mass is 79.9. The first-order valence-electron chi connectivity index (χ1n) is 11.3. The van der Waals surface area contributed by atoms with E-state index in [1.807, 2.05) is 26.0 Å². The number of ketones is 1. The Morgan fingerprint density at radius 3 is 2.20 bits per heavy atom. The van der Waals surface area contributed by atoms with E-state index in [9.17, 15) is 19.8 Å². The Hall–Kier alpha value is -2.22. The van der Waals surface area contributed by atoms with Crippen LogP contribution in [0.25, 0.3) is 0 Å². The molecule has 0 amide bonds. The van der Waals surface area contributed by atoms with Gasteiger partial charge in [0.1, 0.15) is 10.1 Å². The number of ether oxygens (including phenoxy) is 1. The summed E-state index contributed by atoms with van der Waals surface area (Å²) in [5.41, 5.74) is 2.43. The predicted octanol–water partition coefficient (Wildman–Crippen LogP) is 6.77. The number of para-hydroxylation sites is 1. The third-order valence-corrected chi connectivity index (χ3v) is 8.60. The summed E-state index contributed by atoms with van der Waals surface area (Å²) in [5.74, 6) is -3.14. The summed E-state index contributed by atoms with van der Waals surface area (Å²) in [7, 11) is 0. The zero-order valence-electron chi connectivity index (χ0n) is 20.4. The van der Waals surface area contributed by atoms with Gasteiger partial charge in [-0.2, -0.15) is 0 Å². The summed E-state index contributed by atoms with van der Waals surface area (Å²) < 4.78 is 5.31. The minimum absolute atomic E-state index is 0.0332. The van der Waals surface area contributed by atoms with Crippen LogP contribution in [0.2, 0.25) is 0 Å². The lowest BCUT2D eigenvalue weighted by atomic mass is 9.81. The standard InChI is InChI=1S/C28H30Br2O5/c1-17(2)27(30)16-18(15-24(31)32)14-23(29)28(27,34)35-22-9-7-6-8-21(22)25(33)19-10-12-20(13-11-19)26(3,4)5/h6-14,16-17,34H,15H2,1-5H3,(H,31,32).